The molecule has 1 heterocycles. The molecule has 4 nitrogen and oxygen atoms in total. The van der Waals surface area contributed by atoms with Gasteiger partial charge in [-0.1, -0.05) is 37.3 Å². The van der Waals surface area contributed by atoms with E-state index in [9.17, 15) is 9.18 Å². The lowest BCUT2D eigenvalue weighted by Crippen LogP contribution is -2.26. The maximum atomic E-state index is 13.2. The van der Waals surface area contributed by atoms with E-state index in [1.54, 1.807) is 12.1 Å². The highest BCUT2D eigenvalue weighted by molar-refractivity contribution is 9.10. The van der Waals surface area contributed by atoms with Crippen LogP contribution in [0.5, 0.6) is 11.5 Å². The van der Waals surface area contributed by atoms with Crippen LogP contribution in [-0.2, 0) is 11.4 Å². The van der Waals surface area contributed by atoms with Gasteiger partial charge in [0.15, 0.2) is 11.5 Å². The van der Waals surface area contributed by atoms with Crippen LogP contribution >= 0.6 is 15.9 Å². The van der Waals surface area contributed by atoms with E-state index in [4.69, 9.17) is 9.47 Å². The average molecular weight is 510 g/mol. The van der Waals surface area contributed by atoms with Gasteiger partial charge in [-0.3, -0.25) is 4.79 Å². The predicted octanol–water partition coefficient (Wildman–Crippen LogP) is 6.86. The molecule has 0 saturated heterocycles. The summed E-state index contributed by atoms with van der Waals surface area (Å²) in [5.41, 5.74) is 4.21. The van der Waals surface area contributed by atoms with Gasteiger partial charge in [-0.25, -0.2) is 4.39 Å². The Morgan fingerprint density at radius 1 is 1.03 bits per heavy atom. The van der Waals surface area contributed by atoms with Crippen molar-refractivity contribution in [2.24, 2.45) is 0 Å². The van der Waals surface area contributed by atoms with Crippen LogP contribution in [0.3, 0.4) is 0 Å². The van der Waals surface area contributed by atoms with Crippen LogP contribution in [0.2, 0.25) is 0 Å². The molecule has 0 aliphatic carbocycles. The molecule has 1 aliphatic rings. The number of anilines is 1. The molecule has 1 amide bonds. The molecule has 0 spiro atoms. The predicted molar refractivity (Wildman–Crippen MR) is 133 cm³/mol. The average Bonchev–Trinajstić information content (AvgIpc) is 3.06. The number of amides is 1. The minimum atomic E-state index is -0.284. The SMILES string of the molecule is CCCN1C(=O)/C(=C\c2cc(Br)c(OCc3ccc(F)cc3)c(OCC)c2)c2ccccc21. The summed E-state index contributed by atoms with van der Waals surface area (Å²) in [5, 5.41) is 0. The van der Waals surface area contributed by atoms with Crippen molar-refractivity contribution >= 4 is 39.2 Å². The third-order valence-corrected chi connectivity index (χ3v) is 5.94. The summed E-state index contributed by atoms with van der Waals surface area (Å²) in [6.07, 6.45) is 2.78. The fraction of sp³-hybridized carbons (Fsp3) is 0.222. The first-order valence-electron chi connectivity index (χ1n) is 11.0. The summed E-state index contributed by atoms with van der Waals surface area (Å²) in [5.74, 6) is 0.857. The van der Waals surface area contributed by atoms with Gasteiger partial charge in [-0.05, 0) is 76.8 Å². The molecule has 0 atom stereocenters. The largest absolute Gasteiger partial charge is 0.490 e. The molecule has 0 saturated carbocycles. The highest BCUT2D eigenvalue weighted by Gasteiger charge is 2.31. The van der Waals surface area contributed by atoms with Gasteiger partial charge >= 0.3 is 0 Å². The number of carbonyl (C=O) groups is 1. The van der Waals surface area contributed by atoms with E-state index in [1.165, 1.54) is 12.1 Å². The van der Waals surface area contributed by atoms with Crippen molar-refractivity contribution in [2.75, 3.05) is 18.1 Å². The number of halogens is 2. The van der Waals surface area contributed by atoms with E-state index in [0.29, 0.717) is 34.7 Å². The highest BCUT2D eigenvalue weighted by atomic mass is 79.9. The van der Waals surface area contributed by atoms with Gasteiger partial charge in [0.25, 0.3) is 5.91 Å². The lowest BCUT2D eigenvalue weighted by molar-refractivity contribution is -0.113. The van der Waals surface area contributed by atoms with Crippen LogP contribution in [0.4, 0.5) is 10.1 Å². The van der Waals surface area contributed by atoms with Crippen molar-refractivity contribution in [3.63, 3.8) is 0 Å². The van der Waals surface area contributed by atoms with Gasteiger partial charge in [0, 0.05) is 17.7 Å². The second kappa shape index (κ2) is 10.2. The van der Waals surface area contributed by atoms with Crippen molar-refractivity contribution in [3.05, 3.63) is 87.6 Å². The Balaban J connectivity index is 1.67. The third-order valence-electron chi connectivity index (χ3n) is 5.35. The summed E-state index contributed by atoms with van der Waals surface area (Å²) < 4.78 is 25.7. The van der Waals surface area contributed by atoms with Crippen LogP contribution < -0.4 is 14.4 Å². The first kappa shape index (κ1) is 23.1. The quantitative estimate of drug-likeness (QED) is 0.311. The summed E-state index contributed by atoms with van der Waals surface area (Å²) in [4.78, 5) is 15.0. The van der Waals surface area contributed by atoms with E-state index in [-0.39, 0.29) is 18.3 Å². The monoisotopic (exact) mass is 509 g/mol. The summed E-state index contributed by atoms with van der Waals surface area (Å²) >= 11 is 3.60. The first-order valence-corrected chi connectivity index (χ1v) is 11.8. The number of hydrogen-bond donors (Lipinski definition) is 0. The smallest absolute Gasteiger partial charge is 0.258 e. The lowest BCUT2D eigenvalue weighted by atomic mass is 10.0. The summed E-state index contributed by atoms with van der Waals surface area (Å²) in [6.45, 7) is 5.38. The molecular formula is C27H25BrFNO3. The van der Waals surface area contributed by atoms with Gasteiger partial charge in [0.2, 0.25) is 0 Å². The van der Waals surface area contributed by atoms with E-state index in [2.05, 4.69) is 22.9 Å². The molecule has 0 unspecified atom stereocenters. The Morgan fingerprint density at radius 2 is 1.79 bits per heavy atom. The van der Waals surface area contributed by atoms with Crippen LogP contribution in [0, 0.1) is 5.82 Å². The number of rotatable bonds is 8. The van der Waals surface area contributed by atoms with Crippen LogP contribution in [0.25, 0.3) is 11.6 Å². The lowest BCUT2D eigenvalue weighted by Gasteiger charge is -2.16. The second-order valence-corrected chi connectivity index (χ2v) is 8.56. The molecule has 3 aromatic carbocycles. The van der Waals surface area contributed by atoms with E-state index >= 15 is 0 Å². The van der Waals surface area contributed by atoms with Crippen molar-refractivity contribution in [1.29, 1.82) is 0 Å². The van der Waals surface area contributed by atoms with Crippen LogP contribution in [0.1, 0.15) is 37.0 Å². The third kappa shape index (κ3) is 4.96. The van der Waals surface area contributed by atoms with Crippen molar-refractivity contribution < 1.29 is 18.7 Å². The molecule has 0 aromatic heterocycles. The molecule has 0 bridgehead atoms. The number of para-hydroxylation sites is 1. The second-order valence-electron chi connectivity index (χ2n) is 7.71. The number of nitrogens with zero attached hydrogens (tertiary/aromatic N) is 1. The Hall–Kier alpha value is -3.12. The van der Waals surface area contributed by atoms with Gasteiger partial charge in [0.1, 0.15) is 12.4 Å². The minimum absolute atomic E-state index is 0.00349. The molecule has 33 heavy (non-hydrogen) atoms. The topological polar surface area (TPSA) is 38.8 Å². The zero-order chi connectivity index (χ0) is 23.4. The summed E-state index contributed by atoms with van der Waals surface area (Å²) in [6, 6.07) is 17.8. The molecule has 1 aliphatic heterocycles. The number of carbonyl (C=O) groups excluding carboxylic acids is 1. The van der Waals surface area contributed by atoms with Gasteiger partial charge in [-0.2, -0.15) is 0 Å². The maximum Gasteiger partial charge on any atom is 0.258 e. The van der Waals surface area contributed by atoms with E-state index in [0.717, 1.165) is 28.8 Å². The molecule has 0 fully saturated rings. The molecular weight excluding hydrogens is 485 g/mol. The fourth-order valence-corrected chi connectivity index (χ4v) is 4.44. The zero-order valence-electron chi connectivity index (χ0n) is 18.6. The maximum absolute atomic E-state index is 13.2. The van der Waals surface area contributed by atoms with Gasteiger partial charge < -0.3 is 14.4 Å². The van der Waals surface area contributed by atoms with Gasteiger partial charge in [-0.15, -0.1) is 0 Å². The van der Waals surface area contributed by atoms with Crippen molar-refractivity contribution in [1.82, 2.24) is 0 Å². The van der Waals surface area contributed by atoms with Crippen molar-refractivity contribution in [3.8, 4) is 11.5 Å². The zero-order valence-corrected chi connectivity index (χ0v) is 20.2. The Morgan fingerprint density at radius 3 is 2.52 bits per heavy atom. The Bertz CT molecular complexity index is 1190. The molecule has 0 N–H and O–H groups in total. The number of hydrogen-bond acceptors (Lipinski definition) is 3. The standard InChI is InChI=1S/C27H25BrFNO3/c1-3-13-30-24-8-6-5-7-21(24)22(27(30)31)14-19-15-23(28)26(25(16-19)32-4-2)33-17-18-9-11-20(29)12-10-18/h5-12,14-16H,3-4,13,17H2,1-2H3/b22-14-. The molecule has 4 rings (SSSR count). The Labute approximate surface area is 201 Å². The number of ether oxygens (including phenoxy) is 2. The van der Waals surface area contributed by atoms with Crippen LogP contribution in [0.15, 0.2) is 65.1 Å². The highest BCUT2D eigenvalue weighted by Crippen LogP contribution is 2.41. The minimum Gasteiger partial charge on any atom is -0.490 e. The molecule has 3 aromatic rings. The molecule has 6 heteroatoms. The molecule has 170 valence electrons. The first-order chi connectivity index (χ1) is 16.0. The Kier molecular flexibility index (Phi) is 7.14. The van der Waals surface area contributed by atoms with Crippen LogP contribution in [-0.4, -0.2) is 19.1 Å². The van der Waals surface area contributed by atoms with Gasteiger partial charge in [0.05, 0.1) is 16.8 Å². The fourth-order valence-electron chi connectivity index (χ4n) is 3.87. The summed E-state index contributed by atoms with van der Waals surface area (Å²) in [7, 11) is 0. The van der Waals surface area contributed by atoms with E-state index < -0.39 is 0 Å². The molecule has 0 radical (unpaired) electrons. The number of benzene rings is 3. The normalized spacial score (nSPS) is 14.0. The van der Waals surface area contributed by atoms with Crippen molar-refractivity contribution in [2.45, 2.75) is 26.9 Å². The number of fused-ring (bicyclic) bond motifs is 1. The van der Waals surface area contributed by atoms with E-state index in [1.807, 2.05) is 54.3 Å².